The van der Waals surface area contributed by atoms with Gasteiger partial charge in [-0.3, -0.25) is 9.59 Å². The van der Waals surface area contributed by atoms with Crippen LogP contribution < -0.4 is 11.1 Å². The van der Waals surface area contributed by atoms with Crippen molar-refractivity contribution in [2.75, 3.05) is 19.0 Å². The van der Waals surface area contributed by atoms with Crippen LogP contribution in [-0.4, -0.2) is 41.3 Å². The Labute approximate surface area is 162 Å². The van der Waals surface area contributed by atoms with Crippen LogP contribution in [0.25, 0.3) is 0 Å². The standard InChI is InChI=1S/C16H15ClF2N4O5/c1-3-28-16(26)11-6-12(23(22-11)15(27-2)13(20)24)21-14(25)7-4-9(18)10(19)5-8(7)17/h4-6,15H,3H2,1-2H3,(H2,20,24)(H,21,25). The Bertz CT molecular complexity index is 934. The summed E-state index contributed by atoms with van der Waals surface area (Å²) in [4.78, 5) is 35.9. The van der Waals surface area contributed by atoms with E-state index in [1.807, 2.05) is 0 Å². The van der Waals surface area contributed by atoms with Gasteiger partial charge in [-0.05, 0) is 19.1 Å². The summed E-state index contributed by atoms with van der Waals surface area (Å²) in [5, 5.41) is 5.79. The third-order valence-corrected chi connectivity index (χ3v) is 3.72. The minimum absolute atomic E-state index is 0.0569. The number of hydrogen-bond acceptors (Lipinski definition) is 6. The van der Waals surface area contributed by atoms with E-state index in [4.69, 9.17) is 26.8 Å². The molecule has 0 aliphatic heterocycles. The topological polar surface area (TPSA) is 126 Å². The first-order chi connectivity index (χ1) is 13.2. The summed E-state index contributed by atoms with van der Waals surface area (Å²) in [6.45, 7) is 1.63. The van der Waals surface area contributed by atoms with Gasteiger partial charge >= 0.3 is 5.97 Å². The lowest BCUT2D eigenvalue weighted by molar-refractivity contribution is -0.133. The molecule has 150 valence electrons. The minimum atomic E-state index is -1.47. The quantitative estimate of drug-likeness (QED) is 0.524. The van der Waals surface area contributed by atoms with Crippen molar-refractivity contribution in [1.29, 1.82) is 0 Å². The summed E-state index contributed by atoms with van der Waals surface area (Å²) in [5.41, 5.74) is 4.59. The van der Waals surface area contributed by atoms with Crippen molar-refractivity contribution in [2.24, 2.45) is 5.73 Å². The summed E-state index contributed by atoms with van der Waals surface area (Å²) >= 11 is 5.78. The van der Waals surface area contributed by atoms with Crippen molar-refractivity contribution < 1.29 is 32.6 Å². The largest absolute Gasteiger partial charge is 0.461 e. The van der Waals surface area contributed by atoms with Crippen molar-refractivity contribution in [3.8, 4) is 0 Å². The lowest BCUT2D eigenvalue weighted by Gasteiger charge is -2.15. The van der Waals surface area contributed by atoms with Crippen molar-refractivity contribution in [3.05, 3.63) is 46.1 Å². The highest BCUT2D eigenvalue weighted by atomic mass is 35.5. The van der Waals surface area contributed by atoms with E-state index in [0.717, 1.165) is 17.9 Å². The first-order valence-corrected chi connectivity index (χ1v) is 8.12. The zero-order valence-corrected chi connectivity index (χ0v) is 15.4. The number of carbonyl (C=O) groups is 3. The molecule has 0 aliphatic carbocycles. The molecule has 0 aliphatic rings. The maximum atomic E-state index is 13.4. The van der Waals surface area contributed by atoms with Gasteiger partial charge in [-0.15, -0.1) is 0 Å². The Morgan fingerprint density at radius 1 is 1.29 bits per heavy atom. The van der Waals surface area contributed by atoms with Crippen LogP contribution in [0.4, 0.5) is 14.6 Å². The van der Waals surface area contributed by atoms with Crippen LogP contribution >= 0.6 is 11.6 Å². The van der Waals surface area contributed by atoms with Crippen LogP contribution in [0, 0.1) is 11.6 Å². The Balaban J connectivity index is 2.45. The number of methoxy groups -OCH3 is 1. The number of aromatic nitrogens is 2. The zero-order valence-electron chi connectivity index (χ0n) is 14.7. The Hall–Kier alpha value is -3.05. The molecule has 1 aromatic heterocycles. The zero-order chi connectivity index (χ0) is 21.0. The number of halogens is 3. The van der Waals surface area contributed by atoms with Gasteiger partial charge in [0.2, 0.25) is 6.23 Å². The normalized spacial score (nSPS) is 11.8. The number of benzene rings is 1. The first kappa shape index (κ1) is 21.3. The van der Waals surface area contributed by atoms with Gasteiger partial charge in [0, 0.05) is 13.2 Å². The van der Waals surface area contributed by atoms with Gasteiger partial charge in [0.15, 0.2) is 17.3 Å². The molecular weight excluding hydrogens is 402 g/mol. The fourth-order valence-corrected chi connectivity index (χ4v) is 2.42. The minimum Gasteiger partial charge on any atom is -0.461 e. The number of nitrogens with two attached hydrogens (primary N) is 1. The highest BCUT2D eigenvalue weighted by molar-refractivity contribution is 6.34. The van der Waals surface area contributed by atoms with E-state index in [9.17, 15) is 23.2 Å². The number of rotatable bonds is 7. The van der Waals surface area contributed by atoms with Gasteiger partial charge in [0.25, 0.3) is 11.8 Å². The predicted molar refractivity (Wildman–Crippen MR) is 92.7 cm³/mol. The van der Waals surface area contributed by atoms with E-state index >= 15 is 0 Å². The molecule has 1 unspecified atom stereocenters. The highest BCUT2D eigenvalue weighted by Gasteiger charge is 2.26. The molecule has 1 atom stereocenters. The summed E-state index contributed by atoms with van der Waals surface area (Å²) < 4.78 is 37.2. The molecule has 2 rings (SSSR count). The number of nitrogens with zero attached hydrogens (tertiary/aromatic N) is 2. The number of anilines is 1. The summed E-state index contributed by atoms with van der Waals surface area (Å²) in [6, 6.07) is 2.33. The van der Waals surface area contributed by atoms with Crippen LogP contribution in [0.3, 0.4) is 0 Å². The molecule has 1 heterocycles. The summed E-state index contributed by atoms with van der Waals surface area (Å²) in [5.74, 6) is -5.48. The molecule has 0 saturated carbocycles. The fraction of sp³-hybridized carbons (Fsp3) is 0.250. The maximum Gasteiger partial charge on any atom is 0.358 e. The number of esters is 1. The van der Waals surface area contributed by atoms with Crippen LogP contribution in [0.5, 0.6) is 0 Å². The molecule has 0 radical (unpaired) electrons. The maximum absolute atomic E-state index is 13.4. The summed E-state index contributed by atoms with van der Waals surface area (Å²) in [6.07, 6.45) is -1.47. The lowest BCUT2D eigenvalue weighted by atomic mass is 10.2. The van der Waals surface area contributed by atoms with E-state index < -0.39 is 35.6 Å². The molecule has 28 heavy (non-hydrogen) atoms. The van der Waals surface area contributed by atoms with Crippen molar-refractivity contribution >= 4 is 35.2 Å². The number of primary amides is 1. The molecule has 0 fully saturated rings. The molecule has 3 N–H and O–H groups in total. The third-order valence-electron chi connectivity index (χ3n) is 3.41. The van der Waals surface area contributed by atoms with Gasteiger partial charge in [0.1, 0.15) is 5.82 Å². The molecule has 2 aromatic rings. The fourth-order valence-electron chi connectivity index (χ4n) is 2.19. The number of amides is 2. The molecular formula is C16H15ClF2N4O5. The SMILES string of the molecule is CCOC(=O)c1cc(NC(=O)c2cc(F)c(F)cc2Cl)n(C(OC)C(N)=O)n1. The van der Waals surface area contributed by atoms with E-state index in [2.05, 4.69) is 10.4 Å². The van der Waals surface area contributed by atoms with Gasteiger partial charge in [-0.25, -0.2) is 18.3 Å². The van der Waals surface area contributed by atoms with Crippen LogP contribution in [-0.2, 0) is 14.3 Å². The third kappa shape index (κ3) is 4.43. The second-order valence-corrected chi connectivity index (χ2v) is 5.68. The molecule has 2 amide bonds. The van der Waals surface area contributed by atoms with Crippen LogP contribution in [0.15, 0.2) is 18.2 Å². The van der Waals surface area contributed by atoms with E-state index in [-0.39, 0.29) is 28.7 Å². The lowest BCUT2D eigenvalue weighted by Crippen LogP contribution is -2.30. The van der Waals surface area contributed by atoms with Gasteiger partial charge in [-0.2, -0.15) is 5.10 Å². The monoisotopic (exact) mass is 416 g/mol. The molecule has 0 spiro atoms. The molecule has 1 aromatic carbocycles. The number of nitrogens with one attached hydrogen (secondary N) is 1. The molecule has 9 nitrogen and oxygen atoms in total. The van der Waals surface area contributed by atoms with Crippen molar-refractivity contribution in [3.63, 3.8) is 0 Å². The van der Waals surface area contributed by atoms with Gasteiger partial charge < -0.3 is 20.5 Å². The average molecular weight is 417 g/mol. The van der Waals surface area contributed by atoms with Crippen LogP contribution in [0.2, 0.25) is 5.02 Å². The second-order valence-electron chi connectivity index (χ2n) is 5.27. The van der Waals surface area contributed by atoms with Crippen molar-refractivity contribution in [2.45, 2.75) is 13.2 Å². The van der Waals surface area contributed by atoms with Crippen LogP contribution in [0.1, 0.15) is 34.0 Å². The number of ether oxygens (including phenoxy) is 2. The Kier molecular flexibility index (Phi) is 6.65. The van der Waals surface area contributed by atoms with E-state index in [0.29, 0.717) is 12.1 Å². The average Bonchev–Trinajstić information content (AvgIpc) is 3.02. The number of hydrogen-bond donors (Lipinski definition) is 2. The second kappa shape index (κ2) is 8.76. The molecule has 0 saturated heterocycles. The summed E-state index contributed by atoms with van der Waals surface area (Å²) in [7, 11) is 1.15. The first-order valence-electron chi connectivity index (χ1n) is 7.74. The highest BCUT2D eigenvalue weighted by Crippen LogP contribution is 2.23. The van der Waals surface area contributed by atoms with E-state index in [1.165, 1.54) is 0 Å². The van der Waals surface area contributed by atoms with Gasteiger partial charge in [0.05, 0.1) is 17.2 Å². The molecule has 0 bridgehead atoms. The predicted octanol–water partition coefficient (Wildman–Crippen LogP) is 1.87. The van der Waals surface area contributed by atoms with Crippen molar-refractivity contribution in [1.82, 2.24) is 9.78 Å². The molecule has 12 heteroatoms. The Morgan fingerprint density at radius 3 is 2.50 bits per heavy atom. The van der Waals surface area contributed by atoms with Gasteiger partial charge in [-0.1, -0.05) is 11.6 Å². The Morgan fingerprint density at radius 2 is 1.93 bits per heavy atom. The van der Waals surface area contributed by atoms with E-state index in [1.54, 1.807) is 6.92 Å². The number of carbonyl (C=O) groups excluding carboxylic acids is 3. The smallest absolute Gasteiger partial charge is 0.358 e.